The summed E-state index contributed by atoms with van der Waals surface area (Å²) in [6.45, 7) is 4.63. The van der Waals surface area contributed by atoms with Crippen LogP contribution in [-0.2, 0) is 6.42 Å². The van der Waals surface area contributed by atoms with Gasteiger partial charge in [0.05, 0.1) is 0 Å². The molecule has 21 heavy (non-hydrogen) atoms. The van der Waals surface area contributed by atoms with E-state index in [1.165, 1.54) is 17.5 Å². The van der Waals surface area contributed by atoms with Gasteiger partial charge in [-0.3, -0.25) is 4.98 Å². The van der Waals surface area contributed by atoms with Gasteiger partial charge in [0.2, 0.25) is 0 Å². The minimum Gasteiger partial charge on any atom is -0.316 e. The van der Waals surface area contributed by atoms with Gasteiger partial charge in [0.1, 0.15) is 0 Å². The zero-order valence-corrected chi connectivity index (χ0v) is 13.3. The van der Waals surface area contributed by atoms with Gasteiger partial charge in [-0.25, -0.2) is 0 Å². The highest BCUT2D eigenvalue weighted by Gasteiger charge is 2.26. The number of hydrogen-bond acceptors (Lipinski definition) is 2. The fraction of sp³-hybridized carbons (Fsp3) is 0.421. The molecule has 2 heteroatoms. The van der Waals surface area contributed by atoms with Crippen LogP contribution in [0.15, 0.2) is 54.9 Å². The maximum Gasteiger partial charge on any atom is 0.0270 e. The lowest BCUT2D eigenvalue weighted by Gasteiger charge is -2.32. The molecule has 1 aromatic heterocycles. The Morgan fingerprint density at radius 1 is 1.05 bits per heavy atom. The van der Waals surface area contributed by atoms with Gasteiger partial charge in [-0.05, 0) is 42.6 Å². The standard InChI is InChI=1S/C19H26N2/c1-4-15(2)19(17-8-6-5-7-9-17)18(20-3)14-16-10-12-21-13-11-16/h5-13,15,18-20H,4,14H2,1-3H3. The van der Waals surface area contributed by atoms with E-state index in [1.54, 1.807) is 0 Å². The number of rotatable bonds is 7. The molecule has 0 saturated heterocycles. The second kappa shape index (κ2) is 7.94. The van der Waals surface area contributed by atoms with E-state index in [1.807, 2.05) is 12.4 Å². The Morgan fingerprint density at radius 2 is 1.71 bits per heavy atom. The summed E-state index contributed by atoms with van der Waals surface area (Å²) in [7, 11) is 2.07. The predicted molar refractivity (Wildman–Crippen MR) is 89.4 cm³/mol. The molecule has 1 aromatic carbocycles. The van der Waals surface area contributed by atoms with Crippen LogP contribution in [0.2, 0.25) is 0 Å². The Kier molecular flexibility index (Phi) is 5.94. The van der Waals surface area contributed by atoms with Gasteiger partial charge in [0.25, 0.3) is 0 Å². The summed E-state index contributed by atoms with van der Waals surface area (Å²) in [6, 6.07) is 15.6. The van der Waals surface area contributed by atoms with Crippen LogP contribution in [0.4, 0.5) is 0 Å². The molecule has 0 fully saturated rings. The second-order valence-corrected chi connectivity index (χ2v) is 5.78. The van der Waals surface area contributed by atoms with E-state index in [2.05, 4.69) is 73.7 Å². The highest BCUT2D eigenvalue weighted by Crippen LogP contribution is 2.31. The summed E-state index contributed by atoms with van der Waals surface area (Å²) < 4.78 is 0. The van der Waals surface area contributed by atoms with Crippen LogP contribution in [0.25, 0.3) is 0 Å². The summed E-state index contributed by atoms with van der Waals surface area (Å²) >= 11 is 0. The van der Waals surface area contributed by atoms with Crippen LogP contribution in [-0.4, -0.2) is 18.1 Å². The number of nitrogens with zero attached hydrogens (tertiary/aromatic N) is 1. The van der Waals surface area contributed by atoms with E-state index in [-0.39, 0.29) is 0 Å². The second-order valence-electron chi connectivity index (χ2n) is 5.78. The lowest BCUT2D eigenvalue weighted by molar-refractivity contribution is 0.346. The molecule has 1 N–H and O–H groups in total. The molecule has 2 nitrogen and oxygen atoms in total. The maximum atomic E-state index is 4.11. The van der Waals surface area contributed by atoms with Gasteiger partial charge >= 0.3 is 0 Å². The van der Waals surface area contributed by atoms with Crippen LogP contribution < -0.4 is 5.32 Å². The summed E-state index contributed by atoms with van der Waals surface area (Å²) in [6.07, 6.45) is 5.97. The zero-order chi connectivity index (χ0) is 15.1. The SMILES string of the molecule is CCC(C)C(c1ccccc1)C(Cc1ccncc1)NC. The average molecular weight is 282 g/mol. The molecule has 2 rings (SSSR count). The Bertz CT molecular complexity index is 510. The molecule has 0 aliphatic carbocycles. The average Bonchev–Trinajstić information content (AvgIpc) is 2.56. The number of nitrogens with one attached hydrogen (secondary N) is 1. The van der Waals surface area contributed by atoms with Crippen LogP contribution >= 0.6 is 0 Å². The van der Waals surface area contributed by atoms with Gasteiger partial charge in [-0.2, -0.15) is 0 Å². The summed E-state index contributed by atoms with van der Waals surface area (Å²) in [4.78, 5) is 4.11. The van der Waals surface area contributed by atoms with Crippen molar-refractivity contribution in [2.75, 3.05) is 7.05 Å². The first-order valence-electron chi connectivity index (χ1n) is 7.87. The van der Waals surface area contributed by atoms with Gasteiger partial charge in [0, 0.05) is 24.4 Å². The van der Waals surface area contributed by atoms with Crippen molar-refractivity contribution >= 4 is 0 Å². The highest BCUT2D eigenvalue weighted by molar-refractivity contribution is 5.24. The third-order valence-electron chi connectivity index (χ3n) is 4.45. The van der Waals surface area contributed by atoms with Crippen LogP contribution in [0, 0.1) is 5.92 Å². The van der Waals surface area contributed by atoms with Crippen molar-refractivity contribution in [2.45, 2.75) is 38.6 Å². The minimum absolute atomic E-state index is 0.435. The molecule has 0 spiro atoms. The number of aromatic nitrogens is 1. The Balaban J connectivity index is 2.25. The fourth-order valence-electron chi connectivity index (χ4n) is 3.07. The first-order valence-corrected chi connectivity index (χ1v) is 7.87. The molecule has 2 aromatic rings. The third kappa shape index (κ3) is 4.15. The van der Waals surface area contributed by atoms with Crippen LogP contribution in [0.5, 0.6) is 0 Å². The first-order chi connectivity index (χ1) is 10.3. The van der Waals surface area contributed by atoms with Gasteiger partial charge in [-0.15, -0.1) is 0 Å². The monoisotopic (exact) mass is 282 g/mol. The summed E-state index contributed by atoms with van der Waals surface area (Å²) in [5.41, 5.74) is 2.77. The molecular formula is C19H26N2. The number of likely N-dealkylation sites (N-methyl/N-ethyl adjacent to an activating group) is 1. The van der Waals surface area contributed by atoms with E-state index in [0.717, 1.165) is 6.42 Å². The number of benzene rings is 1. The van der Waals surface area contributed by atoms with Crippen molar-refractivity contribution in [3.05, 3.63) is 66.0 Å². The van der Waals surface area contributed by atoms with Crippen molar-refractivity contribution < 1.29 is 0 Å². The molecule has 1 heterocycles. The van der Waals surface area contributed by atoms with Crippen molar-refractivity contribution in [3.63, 3.8) is 0 Å². The normalized spacial score (nSPS) is 15.4. The maximum absolute atomic E-state index is 4.11. The molecule has 3 unspecified atom stereocenters. The molecule has 0 radical (unpaired) electrons. The van der Waals surface area contributed by atoms with E-state index in [9.17, 15) is 0 Å². The third-order valence-corrected chi connectivity index (χ3v) is 4.45. The van der Waals surface area contributed by atoms with E-state index in [4.69, 9.17) is 0 Å². The van der Waals surface area contributed by atoms with Crippen LogP contribution in [0.3, 0.4) is 0 Å². The topological polar surface area (TPSA) is 24.9 Å². The molecule has 0 aliphatic rings. The largest absolute Gasteiger partial charge is 0.316 e. The van der Waals surface area contributed by atoms with Crippen LogP contribution in [0.1, 0.15) is 37.3 Å². The Hall–Kier alpha value is -1.67. The fourth-order valence-corrected chi connectivity index (χ4v) is 3.07. The lowest BCUT2D eigenvalue weighted by atomic mass is 9.78. The molecule has 3 atom stereocenters. The summed E-state index contributed by atoms with van der Waals surface area (Å²) in [5, 5.41) is 3.54. The lowest BCUT2D eigenvalue weighted by Crippen LogP contribution is -2.37. The molecule has 0 saturated carbocycles. The highest BCUT2D eigenvalue weighted by atomic mass is 14.9. The van der Waals surface area contributed by atoms with Gasteiger partial charge in [-0.1, -0.05) is 50.6 Å². The van der Waals surface area contributed by atoms with Crippen molar-refractivity contribution in [1.82, 2.24) is 10.3 Å². The first kappa shape index (κ1) is 15.7. The van der Waals surface area contributed by atoms with Gasteiger partial charge in [0.15, 0.2) is 0 Å². The van der Waals surface area contributed by atoms with E-state index < -0.39 is 0 Å². The van der Waals surface area contributed by atoms with Crippen molar-refractivity contribution in [1.29, 1.82) is 0 Å². The van der Waals surface area contributed by atoms with E-state index in [0.29, 0.717) is 17.9 Å². The minimum atomic E-state index is 0.435. The number of hydrogen-bond donors (Lipinski definition) is 1. The molecule has 0 bridgehead atoms. The smallest absolute Gasteiger partial charge is 0.0270 e. The summed E-state index contributed by atoms with van der Waals surface area (Å²) in [5.74, 6) is 1.17. The zero-order valence-electron chi connectivity index (χ0n) is 13.3. The molecule has 0 amide bonds. The molecule has 112 valence electrons. The Labute approximate surface area is 128 Å². The predicted octanol–water partition coefficient (Wildman–Crippen LogP) is 4.04. The van der Waals surface area contributed by atoms with Crippen molar-refractivity contribution in [3.8, 4) is 0 Å². The van der Waals surface area contributed by atoms with E-state index >= 15 is 0 Å². The number of pyridine rings is 1. The molecular weight excluding hydrogens is 256 g/mol. The van der Waals surface area contributed by atoms with Gasteiger partial charge < -0.3 is 5.32 Å². The van der Waals surface area contributed by atoms with Crippen molar-refractivity contribution in [2.24, 2.45) is 5.92 Å². The molecule has 0 aliphatic heterocycles. The Morgan fingerprint density at radius 3 is 2.29 bits per heavy atom. The quantitative estimate of drug-likeness (QED) is 0.829.